The zero-order valence-electron chi connectivity index (χ0n) is 10.3. The van der Waals surface area contributed by atoms with Gasteiger partial charge in [-0.3, -0.25) is 0 Å². The Bertz CT molecular complexity index is 523. The number of benzene rings is 2. The molecule has 0 atom stereocenters. The van der Waals surface area contributed by atoms with Gasteiger partial charge in [-0.05, 0) is 47.9 Å². The van der Waals surface area contributed by atoms with Crippen LogP contribution in [0.4, 0.5) is 4.39 Å². The van der Waals surface area contributed by atoms with Crippen molar-refractivity contribution in [3.05, 3.63) is 53.8 Å². The SMILES string of the molecule is Cc1cc(OCCN)ccc1-c1ccc(F)cc1. The van der Waals surface area contributed by atoms with Gasteiger partial charge in [0.2, 0.25) is 0 Å². The van der Waals surface area contributed by atoms with Crippen LogP contribution in [0.25, 0.3) is 11.1 Å². The van der Waals surface area contributed by atoms with E-state index in [0.717, 1.165) is 22.4 Å². The second-order valence-electron chi connectivity index (χ2n) is 4.12. The number of rotatable bonds is 4. The molecule has 2 nitrogen and oxygen atoms in total. The van der Waals surface area contributed by atoms with Crippen molar-refractivity contribution in [2.75, 3.05) is 13.2 Å². The van der Waals surface area contributed by atoms with Gasteiger partial charge in [-0.2, -0.15) is 0 Å². The highest BCUT2D eigenvalue weighted by atomic mass is 19.1. The van der Waals surface area contributed by atoms with Crippen LogP contribution in [0.2, 0.25) is 0 Å². The highest BCUT2D eigenvalue weighted by Crippen LogP contribution is 2.26. The largest absolute Gasteiger partial charge is 0.492 e. The molecule has 0 spiro atoms. The molecule has 18 heavy (non-hydrogen) atoms. The lowest BCUT2D eigenvalue weighted by Gasteiger charge is -2.10. The average molecular weight is 245 g/mol. The first-order valence-electron chi connectivity index (χ1n) is 5.90. The molecular weight excluding hydrogens is 229 g/mol. The van der Waals surface area contributed by atoms with Crippen LogP contribution < -0.4 is 10.5 Å². The van der Waals surface area contributed by atoms with Gasteiger partial charge in [0.25, 0.3) is 0 Å². The monoisotopic (exact) mass is 245 g/mol. The van der Waals surface area contributed by atoms with Crippen LogP contribution in [0, 0.1) is 12.7 Å². The average Bonchev–Trinajstić information content (AvgIpc) is 2.38. The van der Waals surface area contributed by atoms with Gasteiger partial charge in [0.1, 0.15) is 18.2 Å². The summed E-state index contributed by atoms with van der Waals surface area (Å²) in [5, 5.41) is 0. The van der Waals surface area contributed by atoms with Gasteiger partial charge < -0.3 is 10.5 Å². The molecule has 0 amide bonds. The molecule has 2 N–H and O–H groups in total. The predicted molar refractivity (Wildman–Crippen MR) is 71.1 cm³/mol. The normalized spacial score (nSPS) is 10.4. The smallest absolute Gasteiger partial charge is 0.123 e. The lowest BCUT2D eigenvalue weighted by atomic mass is 10.0. The number of hydrogen-bond acceptors (Lipinski definition) is 2. The van der Waals surface area contributed by atoms with Crippen LogP contribution in [0.5, 0.6) is 5.75 Å². The standard InChI is InChI=1S/C15H16FNO/c1-11-10-14(18-9-8-17)6-7-15(11)12-2-4-13(16)5-3-12/h2-7,10H,8-9,17H2,1H3. The minimum absolute atomic E-state index is 0.223. The molecular formula is C15H16FNO. The summed E-state index contributed by atoms with van der Waals surface area (Å²) in [5.74, 6) is 0.586. The molecule has 2 aromatic rings. The van der Waals surface area contributed by atoms with Gasteiger partial charge >= 0.3 is 0 Å². The van der Waals surface area contributed by atoms with E-state index >= 15 is 0 Å². The van der Waals surface area contributed by atoms with E-state index in [1.54, 1.807) is 12.1 Å². The quantitative estimate of drug-likeness (QED) is 0.898. The first kappa shape index (κ1) is 12.6. The Hall–Kier alpha value is -1.87. The first-order valence-corrected chi connectivity index (χ1v) is 5.90. The van der Waals surface area contributed by atoms with Crippen LogP contribution in [0.15, 0.2) is 42.5 Å². The Morgan fingerprint density at radius 2 is 1.83 bits per heavy atom. The van der Waals surface area contributed by atoms with Crippen molar-refractivity contribution in [2.24, 2.45) is 5.73 Å². The van der Waals surface area contributed by atoms with E-state index in [0.29, 0.717) is 13.2 Å². The number of nitrogens with two attached hydrogens (primary N) is 1. The molecule has 0 aromatic heterocycles. The molecule has 94 valence electrons. The Morgan fingerprint density at radius 3 is 2.44 bits per heavy atom. The van der Waals surface area contributed by atoms with Crippen molar-refractivity contribution < 1.29 is 9.13 Å². The fourth-order valence-electron chi connectivity index (χ4n) is 1.86. The molecule has 3 heteroatoms. The van der Waals surface area contributed by atoms with E-state index in [1.165, 1.54) is 12.1 Å². The van der Waals surface area contributed by atoms with Gasteiger partial charge in [0.05, 0.1) is 0 Å². The van der Waals surface area contributed by atoms with E-state index in [-0.39, 0.29) is 5.82 Å². The number of aryl methyl sites for hydroxylation is 1. The maximum Gasteiger partial charge on any atom is 0.123 e. The molecule has 2 rings (SSSR count). The Kier molecular flexibility index (Phi) is 3.95. The summed E-state index contributed by atoms with van der Waals surface area (Å²) in [6, 6.07) is 12.3. The summed E-state index contributed by atoms with van der Waals surface area (Å²) in [6.07, 6.45) is 0. The van der Waals surface area contributed by atoms with Crippen molar-refractivity contribution in [1.29, 1.82) is 0 Å². The summed E-state index contributed by atoms with van der Waals surface area (Å²) in [6.45, 7) is 3.02. The van der Waals surface area contributed by atoms with E-state index in [2.05, 4.69) is 0 Å². The maximum absolute atomic E-state index is 12.9. The van der Waals surface area contributed by atoms with Gasteiger partial charge in [-0.1, -0.05) is 18.2 Å². The summed E-state index contributed by atoms with van der Waals surface area (Å²) in [4.78, 5) is 0. The first-order chi connectivity index (χ1) is 8.70. The van der Waals surface area contributed by atoms with Gasteiger partial charge in [0.15, 0.2) is 0 Å². The minimum Gasteiger partial charge on any atom is -0.492 e. The van der Waals surface area contributed by atoms with Gasteiger partial charge in [0, 0.05) is 6.54 Å². The third-order valence-electron chi connectivity index (χ3n) is 2.74. The fraction of sp³-hybridized carbons (Fsp3) is 0.200. The van der Waals surface area contributed by atoms with Crippen molar-refractivity contribution in [3.63, 3.8) is 0 Å². The lowest BCUT2D eigenvalue weighted by Crippen LogP contribution is -2.10. The third-order valence-corrected chi connectivity index (χ3v) is 2.74. The van der Waals surface area contributed by atoms with Crippen LogP contribution in [0.3, 0.4) is 0 Å². The molecule has 0 saturated carbocycles. The third kappa shape index (κ3) is 2.87. The molecule has 0 saturated heterocycles. The van der Waals surface area contributed by atoms with Crippen LogP contribution in [-0.2, 0) is 0 Å². The number of ether oxygens (including phenoxy) is 1. The predicted octanol–water partition coefficient (Wildman–Crippen LogP) is 3.14. The number of hydrogen-bond donors (Lipinski definition) is 1. The minimum atomic E-state index is -0.223. The lowest BCUT2D eigenvalue weighted by molar-refractivity contribution is 0.328. The maximum atomic E-state index is 12.9. The molecule has 0 heterocycles. The molecule has 0 bridgehead atoms. The van der Waals surface area contributed by atoms with Crippen molar-refractivity contribution in [3.8, 4) is 16.9 Å². The van der Waals surface area contributed by atoms with Crippen LogP contribution in [-0.4, -0.2) is 13.2 Å². The second-order valence-corrected chi connectivity index (χ2v) is 4.12. The molecule has 2 aromatic carbocycles. The summed E-state index contributed by atoms with van der Waals surface area (Å²) >= 11 is 0. The summed E-state index contributed by atoms with van der Waals surface area (Å²) < 4.78 is 18.3. The second kappa shape index (κ2) is 5.65. The van der Waals surface area contributed by atoms with Crippen molar-refractivity contribution >= 4 is 0 Å². The Morgan fingerprint density at radius 1 is 1.11 bits per heavy atom. The van der Waals surface area contributed by atoms with Crippen molar-refractivity contribution in [2.45, 2.75) is 6.92 Å². The summed E-state index contributed by atoms with van der Waals surface area (Å²) in [7, 11) is 0. The molecule has 0 aliphatic heterocycles. The van der Waals surface area contributed by atoms with Crippen LogP contribution >= 0.6 is 0 Å². The topological polar surface area (TPSA) is 35.2 Å². The molecule has 0 unspecified atom stereocenters. The molecule has 0 radical (unpaired) electrons. The Balaban J connectivity index is 2.26. The van der Waals surface area contributed by atoms with E-state index in [4.69, 9.17) is 10.5 Å². The molecule has 0 fully saturated rings. The highest BCUT2D eigenvalue weighted by molar-refractivity contribution is 5.68. The van der Waals surface area contributed by atoms with Gasteiger partial charge in [-0.25, -0.2) is 4.39 Å². The van der Waals surface area contributed by atoms with Gasteiger partial charge in [-0.15, -0.1) is 0 Å². The van der Waals surface area contributed by atoms with E-state index in [1.807, 2.05) is 25.1 Å². The summed E-state index contributed by atoms with van der Waals surface area (Å²) in [5.41, 5.74) is 8.56. The number of halogens is 1. The zero-order chi connectivity index (χ0) is 13.0. The highest BCUT2D eigenvalue weighted by Gasteiger charge is 2.04. The van der Waals surface area contributed by atoms with Crippen LogP contribution in [0.1, 0.15) is 5.56 Å². The van der Waals surface area contributed by atoms with E-state index in [9.17, 15) is 4.39 Å². The van der Waals surface area contributed by atoms with Crippen molar-refractivity contribution in [1.82, 2.24) is 0 Å². The molecule has 0 aliphatic carbocycles. The Labute approximate surface area is 106 Å². The van der Waals surface area contributed by atoms with E-state index < -0.39 is 0 Å². The fourth-order valence-corrected chi connectivity index (χ4v) is 1.86. The zero-order valence-corrected chi connectivity index (χ0v) is 10.3. The molecule has 0 aliphatic rings.